The standard InChI is InChI=1S/C7H13NO2/c1-6-3-8-4-7(2,5-9)10-6/h5-6,8H,3-4H2,1-2H3/t6-,7+/m1/s1. The average molecular weight is 143 g/mol. The lowest BCUT2D eigenvalue weighted by molar-refractivity contribution is -0.140. The van der Waals surface area contributed by atoms with Gasteiger partial charge in [-0.25, -0.2) is 0 Å². The molecule has 0 saturated carbocycles. The van der Waals surface area contributed by atoms with Crippen molar-refractivity contribution in [2.24, 2.45) is 0 Å². The van der Waals surface area contributed by atoms with E-state index >= 15 is 0 Å². The highest BCUT2D eigenvalue weighted by molar-refractivity contribution is 5.62. The van der Waals surface area contributed by atoms with Crippen molar-refractivity contribution in [3.63, 3.8) is 0 Å². The number of carbonyl (C=O) groups excluding carboxylic acids is 1. The maximum atomic E-state index is 10.5. The third-order valence-corrected chi connectivity index (χ3v) is 1.63. The van der Waals surface area contributed by atoms with Gasteiger partial charge in [-0.05, 0) is 13.8 Å². The molecule has 10 heavy (non-hydrogen) atoms. The van der Waals surface area contributed by atoms with Crippen molar-refractivity contribution in [1.82, 2.24) is 5.32 Å². The van der Waals surface area contributed by atoms with Crippen molar-refractivity contribution in [3.8, 4) is 0 Å². The van der Waals surface area contributed by atoms with Crippen LogP contribution in [0.1, 0.15) is 13.8 Å². The third kappa shape index (κ3) is 1.55. The fourth-order valence-electron chi connectivity index (χ4n) is 1.14. The Morgan fingerprint density at radius 2 is 2.50 bits per heavy atom. The second-order valence-electron chi connectivity index (χ2n) is 2.99. The Labute approximate surface area is 60.7 Å². The summed E-state index contributed by atoms with van der Waals surface area (Å²) in [7, 11) is 0. The minimum Gasteiger partial charge on any atom is -0.362 e. The van der Waals surface area contributed by atoms with Gasteiger partial charge in [0.1, 0.15) is 5.60 Å². The molecular weight excluding hydrogens is 130 g/mol. The first-order chi connectivity index (χ1) is 4.66. The molecule has 0 aromatic carbocycles. The molecule has 0 aromatic heterocycles. The van der Waals surface area contributed by atoms with E-state index < -0.39 is 5.60 Å². The number of hydrogen-bond acceptors (Lipinski definition) is 3. The van der Waals surface area contributed by atoms with Crippen LogP contribution < -0.4 is 5.32 Å². The molecule has 0 aromatic rings. The van der Waals surface area contributed by atoms with E-state index in [2.05, 4.69) is 5.32 Å². The highest BCUT2D eigenvalue weighted by Crippen LogP contribution is 2.12. The van der Waals surface area contributed by atoms with Crippen LogP contribution in [0.2, 0.25) is 0 Å². The molecule has 1 heterocycles. The molecule has 2 atom stereocenters. The van der Waals surface area contributed by atoms with Crippen molar-refractivity contribution >= 4 is 6.29 Å². The van der Waals surface area contributed by atoms with E-state index in [1.54, 1.807) is 6.92 Å². The number of morpholine rings is 1. The Morgan fingerprint density at radius 3 is 2.90 bits per heavy atom. The minimum absolute atomic E-state index is 0.143. The quantitative estimate of drug-likeness (QED) is 0.523. The first kappa shape index (κ1) is 7.69. The molecule has 1 fully saturated rings. The van der Waals surface area contributed by atoms with Crippen LogP contribution >= 0.6 is 0 Å². The van der Waals surface area contributed by atoms with Gasteiger partial charge < -0.3 is 14.8 Å². The van der Waals surface area contributed by atoms with Crippen molar-refractivity contribution in [2.75, 3.05) is 13.1 Å². The van der Waals surface area contributed by atoms with Crippen molar-refractivity contribution in [3.05, 3.63) is 0 Å². The summed E-state index contributed by atoms with van der Waals surface area (Å²) in [5.41, 5.74) is -0.600. The van der Waals surface area contributed by atoms with Crippen LogP contribution in [0.25, 0.3) is 0 Å². The van der Waals surface area contributed by atoms with Gasteiger partial charge in [0.25, 0.3) is 0 Å². The van der Waals surface area contributed by atoms with Crippen molar-refractivity contribution < 1.29 is 9.53 Å². The lowest BCUT2D eigenvalue weighted by atomic mass is 10.1. The molecule has 58 valence electrons. The number of ether oxygens (including phenoxy) is 1. The molecule has 0 bridgehead atoms. The Balaban J connectivity index is 2.53. The monoisotopic (exact) mass is 143 g/mol. The van der Waals surface area contributed by atoms with E-state index in [4.69, 9.17) is 4.74 Å². The van der Waals surface area contributed by atoms with Gasteiger partial charge in [-0.3, -0.25) is 0 Å². The molecule has 0 aliphatic carbocycles. The van der Waals surface area contributed by atoms with Gasteiger partial charge in [0.05, 0.1) is 6.10 Å². The molecule has 3 nitrogen and oxygen atoms in total. The Morgan fingerprint density at radius 1 is 1.80 bits per heavy atom. The third-order valence-electron chi connectivity index (χ3n) is 1.63. The van der Waals surface area contributed by atoms with Gasteiger partial charge in [-0.1, -0.05) is 0 Å². The van der Waals surface area contributed by atoms with Crippen LogP contribution in [0.5, 0.6) is 0 Å². The highest BCUT2D eigenvalue weighted by Gasteiger charge is 2.30. The molecule has 1 aliphatic heterocycles. The topological polar surface area (TPSA) is 38.3 Å². The summed E-state index contributed by atoms with van der Waals surface area (Å²) in [6, 6.07) is 0. The Hall–Kier alpha value is -0.410. The second-order valence-corrected chi connectivity index (χ2v) is 2.99. The summed E-state index contributed by atoms with van der Waals surface area (Å²) in [5.74, 6) is 0. The fourth-order valence-corrected chi connectivity index (χ4v) is 1.14. The van der Waals surface area contributed by atoms with E-state index in [0.717, 1.165) is 12.8 Å². The molecule has 0 unspecified atom stereocenters. The van der Waals surface area contributed by atoms with Crippen LogP contribution in [0, 0.1) is 0 Å². The fraction of sp³-hybridized carbons (Fsp3) is 0.857. The van der Waals surface area contributed by atoms with E-state index in [1.807, 2.05) is 6.92 Å². The van der Waals surface area contributed by atoms with E-state index in [9.17, 15) is 4.79 Å². The van der Waals surface area contributed by atoms with Gasteiger partial charge in [-0.2, -0.15) is 0 Å². The first-order valence-electron chi connectivity index (χ1n) is 3.51. The first-order valence-corrected chi connectivity index (χ1v) is 3.51. The number of nitrogens with one attached hydrogen (secondary N) is 1. The van der Waals surface area contributed by atoms with Gasteiger partial charge in [-0.15, -0.1) is 0 Å². The summed E-state index contributed by atoms with van der Waals surface area (Å²) in [5, 5.41) is 3.12. The smallest absolute Gasteiger partial charge is 0.152 e. The largest absolute Gasteiger partial charge is 0.362 e. The van der Waals surface area contributed by atoms with Gasteiger partial charge in [0, 0.05) is 13.1 Å². The summed E-state index contributed by atoms with van der Waals surface area (Å²) < 4.78 is 5.39. The number of carbonyl (C=O) groups is 1. The lowest BCUT2D eigenvalue weighted by Gasteiger charge is -2.33. The summed E-state index contributed by atoms with van der Waals surface area (Å²) >= 11 is 0. The maximum Gasteiger partial charge on any atom is 0.152 e. The highest BCUT2D eigenvalue weighted by atomic mass is 16.5. The summed E-state index contributed by atoms with van der Waals surface area (Å²) in [6.07, 6.45) is 0.999. The molecule has 1 aliphatic rings. The zero-order valence-electron chi connectivity index (χ0n) is 6.39. The van der Waals surface area contributed by atoms with Crippen LogP contribution in [-0.4, -0.2) is 31.1 Å². The molecular formula is C7H13NO2. The van der Waals surface area contributed by atoms with Crippen molar-refractivity contribution in [1.29, 1.82) is 0 Å². The molecule has 3 heteroatoms. The SMILES string of the molecule is C[C@@H]1CNC[C@@](C)(C=O)O1. The average Bonchev–Trinajstić information content (AvgIpc) is 1.88. The zero-order valence-corrected chi connectivity index (χ0v) is 6.39. The molecule has 0 radical (unpaired) electrons. The van der Waals surface area contributed by atoms with E-state index in [0.29, 0.717) is 6.54 Å². The van der Waals surface area contributed by atoms with Crippen molar-refractivity contribution in [2.45, 2.75) is 25.6 Å². The normalized spacial score (nSPS) is 41.2. The summed E-state index contributed by atoms with van der Waals surface area (Å²) in [4.78, 5) is 10.5. The molecule has 0 amide bonds. The number of rotatable bonds is 1. The van der Waals surface area contributed by atoms with Gasteiger partial charge in [0.2, 0.25) is 0 Å². The van der Waals surface area contributed by atoms with Gasteiger partial charge >= 0.3 is 0 Å². The van der Waals surface area contributed by atoms with E-state index in [-0.39, 0.29) is 6.10 Å². The van der Waals surface area contributed by atoms with Crippen LogP contribution in [0.15, 0.2) is 0 Å². The Kier molecular flexibility index (Phi) is 2.06. The summed E-state index contributed by atoms with van der Waals surface area (Å²) in [6.45, 7) is 5.21. The molecule has 1 N–H and O–H groups in total. The molecule has 1 saturated heterocycles. The minimum atomic E-state index is -0.600. The van der Waals surface area contributed by atoms with Crippen LogP contribution in [0.4, 0.5) is 0 Å². The number of hydrogen-bond donors (Lipinski definition) is 1. The zero-order chi connectivity index (χ0) is 7.61. The predicted molar refractivity (Wildman–Crippen MR) is 37.9 cm³/mol. The molecule has 0 spiro atoms. The number of aldehydes is 1. The van der Waals surface area contributed by atoms with E-state index in [1.165, 1.54) is 0 Å². The second kappa shape index (κ2) is 2.68. The Bertz CT molecular complexity index is 138. The lowest BCUT2D eigenvalue weighted by Crippen LogP contribution is -2.52. The van der Waals surface area contributed by atoms with Crippen LogP contribution in [-0.2, 0) is 9.53 Å². The maximum absolute atomic E-state index is 10.5. The molecule has 1 rings (SSSR count). The van der Waals surface area contributed by atoms with Gasteiger partial charge in [0.15, 0.2) is 6.29 Å². The predicted octanol–water partition coefficient (Wildman–Crippen LogP) is -0.0477. The van der Waals surface area contributed by atoms with Crippen LogP contribution in [0.3, 0.4) is 0 Å².